The van der Waals surface area contributed by atoms with Crippen LogP contribution in [0, 0.1) is 0 Å². The molecule has 1 aromatic rings. The summed E-state index contributed by atoms with van der Waals surface area (Å²) in [5, 5.41) is 8.98. The average Bonchev–Trinajstić information content (AvgIpc) is 2.36. The fourth-order valence-electron chi connectivity index (χ4n) is 1.29. The Labute approximate surface area is 120 Å². The summed E-state index contributed by atoms with van der Waals surface area (Å²) < 4.78 is 5.40. The predicted octanol–water partition coefficient (Wildman–Crippen LogP) is 3.61. The normalized spacial score (nSPS) is 10.7. The fourth-order valence-corrected chi connectivity index (χ4v) is 1.61. The van der Waals surface area contributed by atoms with Gasteiger partial charge in [-0.1, -0.05) is 30.1 Å². The number of hydrogen-bond donors (Lipinski definition) is 1. The number of carboxylic acids is 1. The summed E-state index contributed by atoms with van der Waals surface area (Å²) in [5.41, 5.74) is 0.181. The molecule has 0 saturated carbocycles. The number of allylic oxidation sites excluding steroid dienone is 1. The number of hydrogen-bond acceptors (Lipinski definition) is 3. The van der Waals surface area contributed by atoms with Crippen LogP contribution in [-0.2, 0) is 4.79 Å². The molecule has 1 N–H and O–H groups in total. The van der Waals surface area contributed by atoms with Crippen LogP contribution in [0.4, 0.5) is 0 Å². The summed E-state index contributed by atoms with van der Waals surface area (Å²) in [4.78, 5) is 22.3. The number of benzene rings is 1. The van der Waals surface area contributed by atoms with Crippen LogP contribution in [0.5, 0.6) is 5.75 Å². The van der Waals surface area contributed by atoms with E-state index < -0.39 is 11.8 Å². The third-order valence-corrected chi connectivity index (χ3v) is 2.85. The summed E-state index contributed by atoms with van der Waals surface area (Å²) in [5.74, 6) is -1.42. The smallest absolute Gasteiger partial charge is 0.328 e. The Hall–Kier alpha value is -1.52. The van der Waals surface area contributed by atoms with Crippen molar-refractivity contribution in [1.29, 1.82) is 0 Å². The van der Waals surface area contributed by atoms with Crippen molar-refractivity contribution in [3.63, 3.8) is 0 Å². The summed E-state index contributed by atoms with van der Waals surface area (Å²) >= 11 is 11.7. The standard InChI is InChI=1S/C13H12Cl2O4/c1-2-5-19-12-7-10(15)9(14)6-8(12)11(16)3-4-13(17)18/h3-4,6-7H,2,5H2,1H3,(H,17,18)/b4-3+. The second-order valence-electron chi connectivity index (χ2n) is 3.65. The highest BCUT2D eigenvalue weighted by molar-refractivity contribution is 6.42. The largest absolute Gasteiger partial charge is 0.493 e. The average molecular weight is 303 g/mol. The molecule has 0 aliphatic rings. The maximum Gasteiger partial charge on any atom is 0.328 e. The molecule has 19 heavy (non-hydrogen) atoms. The van der Waals surface area contributed by atoms with E-state index in [9.17, 15) is 9.59 Å². The number of carboxylic acid groups (broad SMARTS) is 1. The Morgan fingerprint density at radius 3 is 2.47 bits per heavy atom. The van der Waals surface area contributed by atoms with Gasteiger partial charge >= 0.3 is 5.97 Å². The van der Waals surface area contributed by atoms with Crippen molar-refractivity contribution in [3.05, 3.63) is 39.9 Å². The van der Waals surface area contributed by atoms with Crippen LogP contribution in [0.1, 0.15) is 23.7 Å². The Balaban J connectivity index is 3.12. The molecule has 4 nitrogen and oxygen atoms in total. The number of ether oxygens (including phenoxy) is 1. The first-order valence-electron chi connectivity index (χ1n) is 5.53. The Morgan fingerprint density at radius 1 is 1.26 bits per heavy atom. The van der Waals surface area contributed by atoms with Crippen LogP contribution in [0.15, 0.2) is 24.3 Å². The number of carbonyl (C=O) groups excluding carboxylic acids is 1. The van der Waals surface area contributed by atoms with Crippen molar-refractivity contribution in [1.82, 2.24) is 0 Å². The molecular formula is C13H12Cl2O4. The number of aliphatic carboxylic acids is 1. The third kappa shape index (κ3) is 4.58. The lowest BCUT2D eigenvalue weighted by atomic mass is 10.1. The third-order valence-electron chi connectivity index (χ3n) is 2.13. The number of halogens is 2. The molecule has 0 unspecified atom stereocenters. The predicted molar refractivity (Wildman–Crippen MR) is 73.4 cm³/mol. The number of carbonyl (C=O) groups is 2. The molecule has 0 aliphatic carbocycles. The second-order valence-corrected chi connectivity index (χ2v) is 4.46. The molecule has 102 valence electrons. The Kier molecular flexibility index (Phi) is 5.86. The van der Waals surface area contributed by atoms with Gasteiger partial charge in [-0.3, -0.25) is 4.79 Å². The molecule has 0 spiro atoms. The van der Waals surface area contributed by atoms with Gasteiger partial charge in [-0.05, 0) is 18.6 Å². The first-order chi connectivity index (χ1) is 8.95. The van der Waals surface area contributed by atoms with E-state index >= 15 is 0 Å². The van der Waals surface area contributed by atoms with Crippen LogP contribution in [0.2, 0.25) is 10.0 Å². The van der Waals surface area contributed by atoms with Crippen molar-refractivity contribution in [2.24, 2.45) is 0 Å². The molecule has 0 atom stereocenters. The zero-order chi connectivity index (χ0) is 14.4. The molecule has 0 fully saturated rings. The van der Waals surface area contributed by atoms with Gasteiger partial charge in [0.15, 0.2) is 5.78 Å². The number of ketones is 1. The summed E-state index contributed by atoms with van der Waals surface area (Å²) in [6.45, 7) is 2.34. The number of rotatable bonds is 6. The SMILES string of the molecule is CCCOc1cc(Cl)c(Cl)cc1C(=O)/C=C/C(=O)O. The zero-order valence-electron chi connectivity index (χ0n) is 10.2. The highest BCUT2D eigenvalue weighted by atomic mass is 35.5. The van der Waals surface area contributed by atoms with Gasteiger partial charge in [0.1, 0.15) is 5.75 Å². The van der Waals surface area contributed by atoms with E-state index in [0.717, 1.165) is 18.6 Å². The molecule has 0 saturated heterocycles. The topological polar surface area (TPSA) is 63.6 Å². The Morgan fingerprint density at radius 2 is 1.89 bits per heavy atom. The molecule has 0 amide bonds. The minimum atomic E-state index is -1.20. The van der Waals surface area contributed by atoms with E-state index in [2.05, 4.69) is 0 Å². The minimum Gasteiger partial charge on any atom is -0.493 e. The summed E-state index contributed by atoms with van der Waals surface area (Å²) in [6.07, 6.45) is 2.47. The first-order valence-corrected chi connectivity index (χ1v) is 6.28. The molecule has 1 aromatic carbocycles. The minimum absolute atomic E-state index is 0.181. The molecule has 0 aromatic heterocycles. The van der Waals surface area contributed by atoms with E-state index in [1.54, 1.807) is 0 Å². The van der Waals surface area contributed by atoms with Crippen molar-refractivity contribution < 1.29 is 19.4 Å². The van der Waals surface area contributed by atoms with Crippen LogP contribution in [-0.4, -0.2) is 23.5 Å². The van der Waals surface area contributed by atoms with E-state index in [0.29, 0.717) is 6.61 Å². The first kappa shape index (κ1) is 15.5. The van der Waals surface area contributed by atoms with Gasteiger partial charge in [-0.15, -0.1) is 0 Å². The quantitative estimate of drug-likeness (QED) is 0.644. The molecule has 0 heterocycles. The molecule has 6 heteroatoms. The highest BCUT2D eigenvalue weighted by Crippen LogP contribution is 2.31. The van der Waals surface area contributed by atoms with E-state index in [-0.39, 0.29) is 21.4 Å². The summed E-state index contributed by atoms with van der Waals surface area (Å²) in [6, 6.07) is 2.81. The van der Waals surface area contributed by atoms with Gasteiger partial charge in [0.05, 0.1) is 22.2 Å². The molecule has 1 rings (SSSR count). The maximum absolute atomic E-state index is 11.9. The van der Waals surface area contributed by atoms with Gasteiger partial charge in [0.2, 0.25) is 0 Å². The zero-order valence-corrected chi connectivity index (χ0v) is 11.7. The molecular weight excluding hydrogens is 291 g/mol. The second kappa shape index (κ2) is 7.16. The van der Waals surface area contributed by atoms with Gasteiger partial charge in [-0.2, -0.15) is 0 Å². The van der Waals surface area contributed by atoms with Gasteiger partial charge in [0, 0.05) is 12.1 Å². The van der Waals surface area contributed by atoms with E-state index in [1.165, 1.54) is 12.1 Å². The molecule has 0 radical (unpaired) electrons. The fraction of sp³-hybridized carbons (Fsp3) is 0.231. The van der Waals surface area contributed by atoms with E-state index in [1.807, 2.05) is 6.92 Å². The van der Waals surface area contributed by atoms with Crippen molar-refractivity contribution in [2.75, 3.05) is 6.61 Å². The Bertz CT molecular complexity index is 524. The lowest BCUT2D eigenvalue weighted by molar-refractivity contribution is -0.131. The van der Waals surface area contributed by atoms with Crippen LogP contribution in [0.25, 0.3) is 0 Å². The summed E-state index contributed by atoms with van der Waals surface area (Å²) in [7, 11) is 0. The van der Waals surface area contributed by atoms with Gasteiger partial charge < -0.3 is 9.84 Å². The van der Waals surface area contributed by atoms with Crippen LogP contribution < -0.4 is 4.74 Å². The lowest BCUT2D eigenvalue weighted by Gasteiger charge is -2.10. The van der Waals surface area contributed by atoms with Crippen molar-refractivity contribution in [3.8, 4) is 5.75 Å². The van der Waals surface area contributed by atoms with Gasteiger partial charge in [-0.25, -0.2) is 4.79 Å². The van der Waals surface area contributed by atoms with Crippen LogP contribution >= 0.6 is 23.2 Å². The van der Waals surface area contributed by atoms with Crippen LogP contribution in [0.3, 0.4) is 0 Å². The van der Waals surface area contributed by atoms with Crippen molar-refractivity contribution >= 4 is 35.0 Å². The highest BCUT2D eigenvalue weighted by Gasteiger charge is 2.14. The van der Waals surface area contributed by atoms with Gasteiger partial charge in [0.25, 0.3) is 0 Å². The molecule has 0 aliphatic heterocycles. The maximum atomic E-state index is 11.9. The van der Waals surface area contributed by atoms with E-state index in [4.69, 9.17) is 33.0 Å². The monoisotopic (exact) mass is 302 g/mol. The van der Waals surface area contributed by atoms with Crippen molar-refractivity contribution in [2.45, 2.75) is 13.3 Å². The lowest BCUT2D eigenvalue weighted by Crippen LogP contribution is -2.04. The molecule has 0 bridgehead atoms.